The maximum atomic E-state index is 5.97. The molecule has 8 nitrogen and oxygen atoms in total. The number of fused-ring (bicyclic) bond motifs is 1. The summed E-state index contributed by atoms with van der Waals surface area (Å²) in [7, 11) is 0. The van der Waals surface area contributed by atoms with Gasteiger partial charge in [-0.25, -0.2) is 0 Å². The summed E-state index contributed by atoms with van der Waals surface area (Å²) in [5.41, 5.74) is 0. The Balaban J connectivity index is 1.82. The van der Waals surface area contributed by atoms with Crippen LogP contribution in [0.2, 0.25) is 5.28 Å². The molecular weight excluding hydrogens is 280 g/mol. The third kappa shape index (κ3) is 2.64. The fourth-order valence-corrected chi connectivity index (χ4v) is 2.19. The first-order chi connectivity index (χ1) is 9.76. The molecule has 3 rings (SSSR count). The second-order valence-corrected chi connectivity index (χ2v) is 4.86. The summed E-state index contributed by atoms with van der Waals surface area (Å²) in [5.74, 6) is 1.97. The molecule has 0 aromatic carbocycles. The largest absolute Gasteiger partial charge is 0.354 e. The van der Waals surface area contributed by atoms with E-state index in [-0.39, 0.29) is 5.28 Å². The zero-order valence-electron chi connectivity index (χ0n) is 11.1. The molecule has 0 saturated carbocycles. The van der Waals surface area contributed by atoms with Crippen LogP contribution in [0.4, 0.5) is 11.9 Å². The molecule has 0 aliphatic carbocycles. The molecule has 3 heterocycles. The summed E-state index contributed by atoms with van der Waals surface area (Å²) in [6.45, 7) is 5.10. The maximum absolute atomic E-state index is 5.97. The lowest BCUT2D eigenvalue weighted by Gasteiger charge is -2.27. The van der Waals surface area contributed by atoms with Gasteiger partial charge < -0.3 is 14.8 Å². The van der Waals surface area contributed by atoms with E-state index < -0.39 is 0 Å². The summed E-state index contributed by atoms with van der Waals surface area (Å²) in [6.07, 6.45) is 2.73. The topological polar surface area (TPSA) is 84.7 Å². The zero-order chi connectivity index (χ0) is 13.9. The van der Waals surface area contributed by atoms with Gasteiger partial charge in [0, 0.05) is 19.6 Å². The highest BCUT2D eigenvalue weighted by molar-refractivity contribution is 6.28. The Morgan fingerprint density at radius 2 is 2.20 bits per heavy atom. The van der Waals surface area contributed by atoms with Crippen LogP contribution in [0.25, 0.3) is 0 Å². The van der Waals surface area contributed by atoms with Crippen molar-refractivity contribution in [2.75, 3.05) is 23.3 Å². The van der Waals surface area contributed by atoms with Crippen molar-refractivity contribution >= 4 is 23.5 Å². The Hall–Kier alpha value is -1.96. The number of hydrogen-bond donors (Lipinski definition) is 1. The molecule has 1 aliphatic heterocycles. The number of rotatable bonds is 4. The number of aromatic nitrogens is 6. The van der Waals surface area contributed by atoms with Crippen LogP contribution in [0.3, 0.4) is 0 Å². The molecule has 1 N–H and O–H groups in total. The molecule has 2 aromatic heterocycles. The van der Waals surface area contributed by atoms with Gasteiger partial charge in [-0.1, -0.05) is 6.92 Å². The lowest BCUT2D eigenvalue weighted by atomic mass is 10.4. The highest BCUT2D eigenvalue weighted by Crippen LogP contribution is 2.18. The van der Waals surface area contributed by atoms with Crippen LogP contribution >= 0.6 is 11.6 Å². The standard InChI is InChI=1S/C11H15ClN8/c1-2-3-13-10-15-9(12)16-11(17-10)19-4-5-20-7-14-18-8(20)6-19/h7H,2-6H2,1H3,(H,13,15,16,17). The number of hydrogen-bond acceptors (Lipinski definition) is 7. The molecule has 9 heteroatoms. The lowest BCUT2D eigenvalue weighted by Crippen LogP contribution is -2.35. The van der Waals surface area contributed by atoms with Crippen LogP contribution in [0.15, 0.2) is 6.33 Å². The van der Waals surface area contributed by atoms with Crippen molar-refractivity contribution in [3.63, 3.8) is 0 Å². The van der Waals surface area contributed by atoms with Gasteiger partial charge in [-0.15, -0.1) is 10.2 Å². The van der Waals surface area contributed by atoms with Gasteiger partial charge in [0.1, 0.15) is 6.33 Å². The van der Waals surface area contributed by atoms with Gasteiger partial charge in [-0.3, -0.25) is 0 Å². The number of halogens is 1. The number of anilines is 2. The van der Waals surface area contributed by atoms with Crippen molar-refractivity contribution in [3.8, 4) is 0 Å². The molecule has 0 radical (unpaired) electrons. The Morgan fingerprint density at radius 1 is 1.30 bits per heavy atom. The van der Waals surface area contributed by atoms with Crippen molar-refractivity contribution in [3.05, 3.63) is 17.4 Å². The molecule has 0 amide bonds. The van der Waals surface area contributed by atoms with Gasteiger partial charge in [0.05, 0.1) is 6.54 Å². The highest BCUT2D eigenvalue weighted by Gasteiger charge is 2.20. The predicted octanol–water partition coefficient (Wildman–Crippen LogP) is 0.959. The molecule has 0 bridgehead atoms. The third-order valence-corrected chi connectivity index (χ3v) is 3.22. The van der Waals surface area contributed by atoms with Gasteiger partial charge in [-0.2, -0.15) is 15.0 Å². The third-order valence-electron chi connectivity index (χ3n) is 3.05. The maximum Gasteiger partial charge on any atom is 0.231 e. The molecule has 0 fully saturated rings. The number of nitrogens with zero attached hydrogens (tertiary/aromatic N) is 7. The first kappa shape index (κ1) is 13.0. The minimum atomic E-state index is 0.195. The summed E-state index contributed by atoms with van der Waals surface area (Å²) in [5, 5.41) is 11.3. The first-order valence-electron chi connectivity index (χ1n) is 6.53. The average molecular weight is 295 g/mol. The van der Waals surface area contributed by atoms with Gasteiger partial charge in [0.25, 0.3) is 0 Å². The fraction of sp³-hybridized carbons (Fsp3) is 0.545. The van der Waals surface area contributed by atoms with E-state index in [0.29, 0.717) is 18.4 Å². The van der Waals surface area contributed by atoms with E-state index in [1.165, 1.54) is 0 Å². The van der Waals surface area contributed by atoms with Gasteiger partial charge >= 0.3 is 0 Å². The first-order valence-corrected chi connectivity index (χ1v) is 6.91. The van der Waals surface area contributed by atoms with E-state index in [4.69, 9.17) is 11.6 Å². The van der Waals surface area contributed by atoms with E-state index in [1.807, 2.05) is 9.47 Å². The van der Waals surface area contributed by atoms with Crippen LogP contribution in [0.1, 0.15) is 19.2 Å². The van der Waals surface area contributed by atoms with Crippen LogP contribution in [0.5, 0.6) is 0 Å². The van der Waals surface area contributed by atoms with E-state index >= 15 is 0 Å². The second-order valence-electron chi connectivity index (χ2n) is 4.52. The minimum Gasteiger partial charge on any atom is -0.354 e. The highest BCUT2D eigenvalue weighted by atomic mass is 35.5. The molecule has 20 heavy (non-hydrogen) atoms. The van der Waals surface area contributed by atoms with Gasteiger partial charge in [-0.05, 0) is 18.0 Å². The normalized spacial score (nSPS) is 14.2. The Bertz CT molecular complexity index is 598. The molecule has 1 aliphatic rings. The lowest BCUT2D eigenvalue weighted by molar-refractivity contribution is 0.551. The molecule has 0 saturated heterocycles. The molecule has 0 unspecified atom stereocenters. The molecule has 0 spiro atoms. The summed E-state index contributed by atoms with van der Waals surface area (Å²) < 4.78 is 2.02. The van der Waals surface area contributed by atoms with Gasteiger partial charge in [0.2, 0.25) is 17.2 Å². The van der Waals surface area contributed by atoms with Crippen molar-refractivity contribution in [2.45, 2.75) is 26.4 Å². The summed E-state index contributed by atoms with van der Waals surface area (Å²) in [6, 6.07) is 0. The average Bonchev–Trinajstić information content (AvgIpc) is 2.92. The molecular formula is C11H15ClN8. The SMILES string of the molecule is CCCNc1nc(Cl)nc(N2CCn3cnnc3C2)n1. The van der Waals surface area contributed by atoms with Gasteiger partial charge in [0.15, 0.2) is 5.82 Å². The van der Waals surface area contributed by atoms with Crippen molar-refractivity contribution in [2.24, 2.45) is 0 Å². The van der Waals surface area contributed by atoms with E-state index in [0.717, 1.165) is 31.9 Å². The Labute approximate surface area is 121 Å². The fourth-order valence-electron chi connectivity index (χ4n) is 2.03. The van der Waals surface area contributed by atoms with Crippen molar-refractivity contribution < 1.29 is 0 Å². The summed E-state index contributed by atoms with van der Waals surface area (Å²) in [4.78, 5) is 14.7. The Kier molecular flexibility index (Phi) is 3.64. The second kappa shape index (κ2) is 5.58. The van der Waals surface area contributed by atoms with E-state index in [1.54, 1.807) is 6.33 Å². The van der Waals surface area contributed by atoms with E-state index in [2.05, 4.69) is 37.4 Å². The quantitative estimate of drug-likeness (QED) is 0.899. The predicted molar refractivity (Wildman–Crippen MR) is 74.7 cm³/mol. The minimum absolute atomic E-state index is 0.195. The molecule has 2 aromatic rings. The van der Waals surface area contributed by atoms with Crippen molar-refractivity contribution in [1.29, 1.82) is 0 Å². The number of nitrogens with one attached hydrogen (secondary N) is 1. The van der Waals surface area contributed by atoms with Crippen LogP contribution in [-0.2, 0) is 13.1 Å². The smallest absolute Gasteiger partial charge is 0.231 e. The van der Waals surface area contributed by atoms with Crippen molar-refractivity contribution in [1.82, 2.24) is 29.7 Å². The molecule has 106 valence electrons. The van der Waals surface area contributed by atoms with E-state index in [9.17, 15) is 0 Å². The molecule has 0 atom stereocenters. The Morgan fingerprint density at radius 3 is 3.05 bits per heavy atom. The summed E-state index contributed by atoms with van der Waals surface area (Å²) >= 11 is 5.97. The zero-order valence-corrected chi connectivity index (χ0v) is 11.9. The van der Waals surface area contributed by atoms with Crippen LogP contribution in [0, 0.1) is 0 Å². The van der Waals surface area contributed by atoms with Crippen LogP contribution < -0.4 is 10.2 Å². The monoisotopic (exact) mass is 294 g/mol. The van der Waals surface area contributed by atoms with Crippen LogP contribution in [-0.4, -0.2) is 42.8 Å².